The number of ether oxygens (including phenoxy) is 2. The zero-order valence-corrected chi connectivity index (χ0v) is 21.6. The van der Waals surface area contributed by atoms with Gasteiger partial charge < -0.3 is 14.0 Å². The fourth-order valence-corrected chi connectivity index (χ4v) is 4.37. The van der Waals surface area contributed by atoms with Gasteiger partial charge in [-0.1, -0.05) is 78.1 Å². The summed E-state index contributed by atoms with van der Waals surface area (Å²) in [5.41, 5.74) is 2.00. The van der Waals surface area contributed by atoms with Gasteiger partial charge >= 0.3 is 0 Å². The molecule has 0 N–H and O–H groups in total. The lowest BCUT2D eigenvalue weighted by molar-refractivity contribution is -0.121. The van der Waals surface area contributed by atoms with Crippen molar-refractivity contribution < 1.29 is 14.3 Å². The smallest absolute Gasteiger partial charge is 0.241 e. The maximum atomic E-state index is 12.5. The van der Waals surface area contributed by atoms with Crippen molar-refractivity contribution in [2.24, 2.45) is 5.92 Å². The summed E-state index contributed by atoms with van der Waals surface area (Å²) in [7, 11) is 3.13. The number of halogens is 3. The van der Waals surface area contributed by atoms with E-state index in [0.717, 1.165) is 11.1 Å². The molecule has 1 amide bonds. The first kappa shape index (κ1) is 26.2. The van der Waals surface area contributed by atoms with Crippen LogP contribution in [0.15, 0.2) is 42.5 Å². The summed E-state index contributed by atoms with van der Waals surface area (Å²) in [6.07, 6.45) is 1.71. The van der Waals surface area contributed by atoms with Crippen LogP contribution in [0.2, 0.25) is 15.3 Å². The Morgan fingerprint density at radius 3 is 2.50 bits per heavy atom. The van der Waals surface area contributed by atoms with Gasteiger partial charge in [-0.3, -0.25) is 4.79 Å². The van der Waals surface area contributed by atoms with Crippen LogP contribution in [-0.2, 0) is 24.3 Å². The van der Waals surface area contributed by atoms with Gasteiger partial charge in [0.25, 0.3) is 0 Å². The summed E-state index contributed by atoms with van der Waals surface area (Å²) in [5.74, 6) is 1.69. The molecule has 34 heavy (non-hydrogen) atoms. The lowest BCUT2D eigenvalue weighted by Crippen LogP contribution is -2.19. The largest absolute Gasteiger partial charge is 0.493 e. The van der Waals surface area contributed by atoms with E-state index in [-0.39, 0.29) is 23.5 Å². The number of hydrogen-bond donors (Lipinski definition) is 0. The monoisotopic (exact) mass is 522 g/mol. The molecule has 2 aromatic carbocycles. The number of methoxy groups -OCH3 is 2. The van der Waals surface area contributed by atoms with Gasteiger partial charge in [0.1, 0.15) is 17.5 Å². The van der Waals surface area contributed by atoms with Crippen molar-refractivity contribution in [3.8, 4) is 11.5 Å². The minimum atomic E-state index is -0.188. The number of rotatable bonds is 11. The van der Waals surface area contributed by atoms with Gasteiger partial charge in [-0.05, 0) is 36.0 Å². The maximum Gasteiger partial charge on any atom is 0.241 e. The number of imidazole rings is 1. The second-order valence-electron chi connectivity index (χ2n) is 8.01. The van der Waals surface area contributed by atoms with Crippen LogP contribution in [-0.4, -0.2) is 29.7 Å². The minimum absolute atomic E-state index is 0.119. The second-order valence-corrected chi connectivity index (χ2v) is 9.11. The number of hydrogen-bond acceptors (Lipinski definition) is 4. The number of aromatic nitrogens is 2. The quantitative estimate of drug-likeness (QED) is 0.300. The summed E-state index contributed by atoms with van der Waals surface area (Å²) >= 11 is 18.9. The molecule has 181 valence electrons. The highest BCUT2D eigenvalue weighted by atomic mass is 35.5. The van der Waals surface area contributed by atoms with Crippen LogP contribution in [0.3, 0.4) is 0 Å². The van der Waals surface area contributed by atoms with E-state index in [1.54, 1.807) is 18.8 Å². The Balaban J connectivity index is 1.54. The SMILES string of the molecule is COc1ccc(CC(C)CCC(=O)[N]Cc2nc(Cl)c(Cl)n2Cc2ccccc2)c(Cl)c1OC. The van der Waals surface area contributed by atoms with Crippen LogP contribution in [0, 0.1) is 5.92 Å². The van der Waals surface area contributed by atoms with Crippen molar-refractivity contribution in [1.29, 1.82) is 0 Å². The first-order chi connectivity index (χ1) is 16.3. The average molecular weight is 524 g/mol. The molecule has 0 spiro atoms. The predicted octanol–water partition coefficient (Wildman–Crippen LogP) is 6.20. The molecular weight excluding hydrogens is 497 g/mol. The summed E-state index contributed by atoms with van der Waals surface area (Å²) < 4.78 is 12.4. The molecule has 1 atom stereocenters. The van der Waals surface area contributed by atoms with E-state index in [4.69, 9.17) is 44.3 Å². The van der Waals surface area contributed by atoms with Gasteiger partial charge in [0.05, 0.1) is 25.8 Å². The molecule has 0 fully saturated rings. The zero-order valence-electron chi connectivity index (χ0n) is 19.4. The number of carbonyl (C=O) groups excluding carboxylic acids is 1. The first-order valence-electron chi connectivity index (χ1n) is 10.9. The third-order valence-electron chi connectivity index (χ3n) is 5.51. The van der Waals surface area contributed by atoms with Crippen LogP contribution in [0.25, 0.3) is 0 Å². The molecule has 0 saturated carbocycles. The van der Waals surface area contributed by atoms with Gasteiger partial charge in [0, 0.05) is 6.42 Å². The Morgan fingerprint density at radius 1 is 1.09 bits per heavy atom. The van der Waals surface area contributed by atoms with Gasteiger partial charge in [0.2, 0.25) is 5.91 Å². The van der Waals surface area contributed by atoms with Crippen LogP contribution >= 0.6 is 34.8 Å². The predicted molar refractivity (Wildman–Crippen MR) is 135 cm³/mol. The van der Waals surface area contributed by atoms with Crippen molar-refractivity contribution in [3.05, 3.63) is 74.7 Å². The lowest BCUT2D eigenvalue weighted by Gasteiger charge is -2.16. The highest BCUT2D eigenvalue weighted by Crippen LogP contribution is 2.38. The van der Waals surface area contributed by atoms with Gasteiger partial charge in [-0.15, -0.1) is 0 Å². The Hall–Kier alpha value is -2.41. The van der Waals surface area contributed by atoms with E-state index in [1.165, 1.54) is 0 Å². The lowest BCUT2D eigenvalue weighted by atomic mass is 9.96. The van der Waals surface area contributed by atoms with E-state index in [1.807, 2.05) is 42.5 Å². The molecule has 0 aliphatic rings. The van der Waals surface area contributed by atoms with E-state index in [9.17, 15) is 4.79 Å². The molecule has 0 aliphatic heterocycles. The van der Waals surface area contributed by atoms with Gasteiger partial charge in [-0.2, -0.15) is 0 Å². The molecule has 9 heteroatoms. The summed E-state index contributed by atoms with van der Waals surface area (Å²) in [5, 5.41) is 5.27. The highest BCUT2D eigenvalue weighted by Gasteiger charge is 2.18. The maximum absolute atomic E-state index is 12.5. The Labute approximate surface area is 215 Å². The summed E-state index contributed by atoms with van der Waals surface area (Å²) in [6.45, 7) is 2.70. The molecule has 0 bridgehead atoms. The van der Waals surface area contributed by atoms with Crippen LogP contribution in [0.1, 0.15) is 36.7 Å². The molecule has 1 unspecified atom stereocenters. The fraction of sp³-hybridized carbons (Fsp3) is 0.360. The van der Waals surface area contributed by atoms with Crippen molar-refractivity contribution in [1.82, 2.24) is 14.9 Å². The highest BCUT2D eigenvalue weighted by molar-refractivity contribution is 6.40. The third-order valence-corrected chi connectivity index (χ3v) is 6.67. The molecule has 0 aliphatic carbocycles. The van der Waals surface area contributed by atoms with Crippen molar-refractivity contribution in [3.63, 3.8) is 0 Å². The van der Waals surface area contributed by atoms with Gasteiger partial charge in [0.15, 0.2) is 16.7 Å². The Kier molecular flexibility index (Phi) is 9.51. The van der Waals surface area contributed by atoms with E-state index in [0.29, 0.717) is 53.3 Å². The van der Waals surface area contributed by atoms with Crippen LogP contribution < -0.4 is 14.8 Å². The van der Waals surface area contributed by atoms with E-state index < -0.39 is 0 Å². The number of benzene rings is 2. The molecule has 1 radical (unpaired) electrons. The zero-order chi connectivity index (χ0) is 24.7. The Morgan fingerprint density at radius 2 is 1.82 bits per heavy atom. The number of amides is 1. The topological polar surface area (TPSA) is 67.5 Å². The minimum Gasteiger partial charge on any atom is -0.493 e. The molecule has 0 saturated heterocycles. The van der Waals surface area contributed by atoms with Crippen molar-refractivity contribution in [2.75, 3.05) is 14.2 Å². The molecule has 1 heterocycles. The summed E-state index contributed by atoms with van der Waals surface area (Å²) in [6, 6.07) is 13.6. The number of nitrogens with zero attached hydrogens (tertiary/aromatic N) is 3. The molecule has 3 aromatic rings. The molecule has 1 aromatic heterocycles. The van der Waals surface area contributed by atoms with Crippen molar-refractivity contribution >= 4 is 40.7 Å². The van der Waals surface area contributed by atoms with Gasteiger partial charge in [-0.25, -0.2) is 10.3 Å². The number of carbonyl (C=O) groups is 1. The van der Waals surface area contributed by atoms with Crippen molar-refractivity contribution in [2.45, 2.75) is 39.3 Å². The normalized spacial score (nSPS) is 11.8. The second kappa shape index (κ2) is 12.3. The summed E-state index contributed by atoms with van der Waals surface area (Å²) in [4.78, 5) is 16.7. The van der Waals surface area contributed by atoms with Crippen LogP contribution in [0.4, 0.5) is 0 Å². The van der Waals surface area contributed by atoms with E-state index in [2.05, 4.69) is 17.2 Å². The fourth-order valence-electron chi connectivity index (χ4n) is 3.66. The Bertz CT molecular complexity index is 1120. The molecule has 6 nitrogen and oxygen atoms in total. The molecule has 3 rings (SSSR count). The average Bonchev–Trinajstić information content (AvgIpc) is 3.10. The van der Waals surface area contributed by atoms with E-state index >= 15 is 0 Å². The molecular formula is C25H27Cl3N3O3. The third kappa shape index (κ3) is 6.59. The van der Waals surface area contributed by atoms with Crippen LogP contribution in [0.5, 0.6) is 11.5 Å². The first-order valence-corrected chi connectivity index (χ1v) is 12.0. The standard InChI is InChI=1S/C25H27Cl3N3O3/c1-16(13-18-10-11-19(33-2)23(34-3)22(18)26)9-12-21(32)29-14-20-30-24(27)25(28)31(20)15-17-7-5-4-6-8-17/h4-8,10-11,16H,9,12-15H2,1-3H3.